The highest BCUT2D eigenvalue weighted by Gasteiger charge is 2.18. The highest BCUT2D eigenvalue weighted by Crippen LogP contribution is 2.24. The van der Waals surface area contributed by atoms with Crippen molar-refractivity contribution in [3.63, 3.8) is 0 Å². The third-order valence-corrected chi connectivity index (χ3v) is 5.38. The average Bonchev–Trinajstić information content (AvgIpc) is 3.41. The Balaban J connectivity index is 0.00000300. The Kier molecular flexibility index (Phi) is 9.29. The smallest absolute Gasteiger partial charge is 0.191 e. The van der Waals surface area contributed by atoms with Crippen molar-refractivity contribution in [3.8, 4) is 0 Å². The molecule has 0 bridgehead atoms. The molecule has 6 nitrogen and oxygen atoms in total. The van der Waals surface area contributed by atoms with Crippen LogP contribution >= 0.6 is 24.0 Å². The molecule has 1 aromatic carbocycles. The molecule has 29 heavy (non-hydrogen) atoms. The molecule has 2 aromatic rings. The van der Waals surface area contributed by atoms with Gasteiger partial charge in [-0.05, 0) is 63.7 Å². The maximum atomic E-state index is 5.59. The molecule has 3 rings (SSSR count). The minimum absolute atomic E-state index is 0. The van der Waals surface area contributed by atoms with Gasteiger partial charge in [0.05, 0.1) is 18.3 Å². The standard InChI is InChI=1S/C22H33N5O.HI/c1-17(18-9-7-10-19(15-18)27-12-5-6-13-27)25-22(23-2)24-16-20(26(3)4)21-11-8-14-28-21;/h7-11,14-15,17,20H,5-6,12-13,16H2,1-4H3,(H2,23,24,25);1H. The number of likely N-dealkylation sites (N-methyl/N-ethyl adjacent to an activating group) is 1. The molecular weight excluding hydrogens is 477 g/mol. The highest BCUT2D eigenvalue weighted by atomic mass is 127. The van der Waals surface area contributed by atoms with Crippen LogP contribution in [0.2, 0.25) is 0 Å². The molecule has 2 heterocycles. The second kappa shape index (κ2) is 11.4. The van der Waals surface area contributed by atoms with Gasteiger partial charge in [-0.1, -0.05) is 12.1 Å². The molecule has 2 N–H and O–H groups in total. The molecule has 0 amide bonds. The van der Waals surface area contributed by atoms with Crippen LogP contribution in [0.1, 0.15) is 43.2 Å². The molecule has 1 aromatic heterocycles. The average molecular weight is 511 g/mol. The number of aliphatic imine (C=N–C) groups is 1. The lowest BCUT2D eigenvalue weighted by molar-refractivity contribution is 0.258. The number of nitrogens with one attached hydrogen (secondary N) is 2. The lowest BCUT2D eigenvalue weighted by atomic mass is 10.1. The summed E-state index contributed by atoms with van der Waals surface area (Å²) in [5.74, 6) is 1.73. The van der Waals surface area contributed by atoms with Crippen LogP contribution in [0.25, 0.3) is 0 Å². The predicted molar refractivity (Wildman–Crippen MR) is 131 cm³/mol. The van der Waals surface area contributed by atoms with E-state index >= 15 is 0 Å². The quantitative estimate of drug-likeness (QED) is 0.334. The van der Waals surface area contributed by atoms with E-state index < -0.39 is 0 Å². The largest absolute Gasteiger partial charge is 0.468 e. The minimum Gasteiger partial charge on any atom is -0.468 e. The lowest BCUT2D eigenvalue weighted by Gasteiger charge is -2.25. The predicted octanol–water partition coefficient (Wildman–Crippen LogP) is 4.03. The van der Waals surface area contributed by atoms with Gasteiger partial charge in [0.2, 0.25) is 0 Å². The molecule has 2 atom stereocenters. The van der Waals surface area contributed by atoms with E-state index in [4.69, 9.17) is 4.42 Å². The molecule has 0 saturated carbocycles. The molecule has 0 spiro atoms. The van der Waals surface area contributed by atoms with Crippen molar-refractivity contribution < 1.29 is 4.42 Å². The normalized spacial score (nSPS) is 16.4. The Labute approximate surface area is 191 Å². The van der Waals surface area contributed by atoms with Gasteiger partial charge >= 0.3 is 0 Å². The zero-order chi connectivity index (χ0) is 19.9. The summed E-state index contributed by atoms with van der Waals surface area (Å²) in [6.07, 6.45) is 4.29. The van der Waals surface area contributed by atoms with E-state index in [0.717, 1.165) is 24.8 Å². The number of hydrogen-bond acceptors (Lipinski definition) is 4. The third kappa shape index (κ3) is 6.37. The summed E-state index contributed by atoms with van der Waals surface area (Å²) in [4.78, 5) is 9.01. The SMILES string of the molecule is CN=C(NCC(c1ccco1)N(C)C)NC(C)c1cccc(N2CCCC2)c1.I. The van der Waals surface area contributed by atoms with Crippen molar-refractivity contribution in [2.45, 2.75) is 31.8 Å². The molecule has 160 valence electrons. The number of guanidine groups is 1. The van der Waals surface area contributed by atoms with Crippen LogP contribution in [-0.2, 0) is 0 Å². The van der Waals surface area contributed by atoms with Gasteiger partial charge in [-0.15, -0.1) is 24.0 Å². The molecule has 1 fully saturated rings. The summed E-state index contributed by atoms with van der Waals surface area (Å²) in [7, 11) is 5.91. The second-order valence-electron chi connectivity index (χ2n) is 7.60. The Morgan fingerprint density at radius 2 is 1.97 bits per heavy atom. The van der Waals surface area contributed by atoms with E-state index in [1.807, 2.05) is 12.1 Å². The van der Waals surface area contributed by atoms with Crippen molar-refractivity contribution in [2.75, 3.05) is 45.7 Å². The van der Waals surface area contributed by atoms with Crippen molar-refractivity contribution in [2.24, 2.45) is 4.99 Å². The molecule has 1 aliphatic rings. The Morgan fingerprint density at radius 1 is 1.21 bits per heavy atom. The van der Waals surface area contributed by atoms with Gasteiger partial charge in [-0.25, -0.2) is 0 Å². The van der Waals surface area contributed by atoms with Gasteiger partial charge in [0.15, 0.2) is 5.96 Å². The highest BCUT2D eigenvalue weighted by molar-refractivity contribution is 14.0. The molecule has 1 saturated heterocycles. The Bertz CT molecular complexity index is 756. The lowest BCUT2D eigenvalue weighted by Crippen LogP contribution is -2.42. The van der Waals surface area contributed by atoms with Crippen LogP contribution in [-0.4, -0.2) is 51.6 Å². The van der Waals surface area contributed by atoms with E-state index in [2.05, 4.69) is 70.7 Å². The van der Waals surface area contributed by atoms with E-state index in [0.29, 0.717) is 6.54 Å². The second-order valence-corrected chi connectivity index (χ2v) is 7.60. The number of benzene rings is 1. The first-order valence-corrected chi connectivity index (χ1v) is 10.1. The molecule has 7 heteroatoms. The third-order valence-electron chi connectivity index (χ3n) is 5.38. The number of hydrogen-bond donors (Lipinski definition) is 2. The fourth-order valence-corrected chi connectivity index (χ4v) is 3.66. The van der Waals surface area contributed by atoms with Crippen molar-refractivity contribution in [1.29, 1.82) is 0 Å². The summed E-state index contributed by atoms with van der Waals surface area (Å²) in [5.41, 5.74) is 2.58. The Morgan fingerprint density at radius 3 is 2.59 bits per heavy atom. The molecule has 1 aliphatic heterocycles. The maximum Gasteiger partial charge on any atom is 0.191 e. The van der Waals surface area contributed by atoms with E-state index in [1.54, 1.807) is 13.3 Å². The van der Waals surface area contributed by atoms with Gasteiger partial charge in [0, 0.05) is 32.4 Å². The molecular formula is C22H34IN5O. The molecule has 0 aliphatic carbocycles. The fourth-order valence-electron chi connectivity index (χ4n) is 3.66. The summed E-state index contributed by atoms with van der Waals surface area (Å²) in [6.45, 7) is 5.20. The van der Waals surface area contributed by atoms with Crippen LogP contribution in [0.3, 0.4) is 0 Å². The summed E-state index contributed by atoms with van der Waals surface area (Å²) in [5, 5.41) is 6.95. The summed E-state index contributed by atoms with van der Waals surface area (Å²) < 4.78 is 5.59. The zero-order valence-corrected chi connectivity index (χ0v) is 20.2. The number of rotatable bonds is 7. The van der Waals surface area contributed by atoms with E-state index in [-0.39, 0.29) is 36.1 Å². The first kappa shape index (κ1) is 23.5. The monoisotopic (exact) mass is 511 g/mol. The zero-order valence-electron chi connectivity index (χ0n) is 17.9. The van der Waals surface area contributed by atoms with Crippen LogP contribution in [0.5, 0.6) is 0 Å². The Hall–Kier alpha value is -1.74. The summed E-state index contributed by atoms with van der Waals surface area (Å²) >= 11 is 0. The van der Waals surface area contributed by atoms with Crippen LogP contribution < -0.4 is 15.5 Å². The van der Waals surface area contributed by atoms with E-state index in [1.165, 1.54) is 24.1 Å². The molecule has 2 unspecified atom stereocenters. The van der Waals surface area contributed by atoms with Crippen molar-refractivity contribution in [3.05, 3.63) is 54.0 Å². The maximum absolute atomic E-state index is 5.59. The first-order chi connectivity index (χ1) is 13.6. The van der Waals surface area contributed by atoms with Gasteiger partial charge in [0.25, 0.3) is 0 Å². The van der Waals surface area contributed by atoms with Crippen LogP contribution in [0.15, 0.2) is 52.1 Å². The van der Waals surface area contributed by atoms with Gasteiger partial charge in [0.1, 0.15) is 5.76 Å². The van der Waals surface area contributed by atoms with Crippen molar-refractivity contribution >= 4 is 35.6 Å². The minimum atomic E-state index is 0. The molecule has 0 radical (unpaired) electrons. The first-order valence-electron chi connectivity index (χ1n) is 10.1. The van der Waals surface area contributed by atoms with Crippen LogP contribution in [0.4, 0.5) is 5.69 Å². The van der Waals surface area contributed by atoms with Gasteiger partial charge in [-0.3, -0.25) is 9.89 Å². The number of anilines is 1. The fraction of sp³-hybridized carbons (Fsp3) is 0.500. The van der Waals surface area contributed by atoms with Crippen molar-refractivity contribution in [1.82, 2.24) is 15.5 Å². The van der Waals surface area contributed by atoms with Gasteiger partial charge < -0.3 is 20.0 Å². The number of nitrogens with zero attached hydrogens (tertiary/aromatic N) is 3. The van der Waals surface area contributed by atoms with Crippen LogP contribution in [0, 0.1) is 0 Å². The number of halogens is 1. The number of furan rings is 1. The van der Waals surface area contributed by atoms with E-state index in [9.17, 15) is 0 Å². The summed E-state index contributed by atoms with van der Waals surface area (Å²) in [6, 6.07) is 13.1. The topological polar surface area (TPSA) is 56.0 Å². The van der Waals surface area contributed by atoms with Gasteiger partial charge in [-0.2, -0.15) is 0 Å².